The molecule has 0 bridgehead atoms. The number of carboxylic acids is 4. The third-order valence-electron chi connectivity index (χ3n) is 1.93. The van der Waals surface area contributed by atoms with Crippen molar-refractivity contribution in [1.29, 1.82) is 0 Å². The SMILES string of the molecule is O=C([O-])CC(C(=O)[O-])S(=O)(=O)[O-].O=C([O-])CC(C(=O)[O-])S(=O)(=O)[O-].[Zn+2].[Zn+2].[Zn+2]. The fraction of sp³-hybridized carbons (Fsp3) is 0.500. The van der Waals surface area contributed by atoms with Gasteiger partial charge in [-0.2, -0.15) is 0 Å². The number of carbonyl (C=O) groups is 4. The van der Waals surface area contributed by atoms with E-state index < -0.39 is 67.5 Å². The van der Waals surface area contributed by atoms with Gasteiger partial charge in [0.1, 0.15) is 20.2 Å². The minimum Gasteiger partial charge on any atom is -0.747 e. The number of rotatable bonds is 8. The van der Waals surface area contributed by atoms with Crippen LogP contribution in [0.15, 0.2) is 0 Å². The monoisotopic (exact) mass is 582 g/mol. The summed E-state index contributed by atoms with van der Waals surface area (Å²) in [7, 11) is -10.4. The van der Waals surface area contributed by atoms with Crippen LogP contribution in [0.4, 0.5) is 0 Å². The fourth-order valence-corrected chi connectivity index (χ4v) is 2.06. The molecule has 0 rings (SSSR count). The summed E-state index contributed by atoms with van der Waals surface area (Å²) in [4.78, 5) is 39.3. The average Bonchev–Trinajstić information content (AvgIpc) is 2.30. The Morgan fingerprint density at radius 2 is 0.778 bits per heavy atom. The van der Waals surface area contributed by atoms with Crippen molar-refractivity contribution in [3.05, 3.63) is 0 Å². The standard InChI is InChI=1S/2C4H6O7S.3Zn/c2*5-3(6)1-2(4(7)8)12(9,10)11;;;/h2*2H,1H2,(H,5,6)(H,7,8)(H,9,10,11);;;/q;;3*+2/p-6. The molecule has 0 amide bonds. The van der Waals surface area contributed by atoms with Crippen molar-refractivity contribution in [3.8, 4) is 0 Å². The molecule has 0 saturated heterocycles. The van der Waals surface area contributed by atoms with Gasteiger partial charge in [0, 0.05) is 24.8 Å². The van der Waals surface area contributed by atoms with Crippen molar-refractivity contribution in [2.75, 3.05) is 0 Å². The van der Waals surface area contributed by atoms with Crippen LogP contribution in [0.1, 0.15) is 12.8 Å². The van der Waals surface area contributed by atoms with Gasteiger partial charge in [0.05, 0.1) is 22.4 Å². The summed E-state index contributed by atoms with van der Waals surface area (Å²) in [6, 6.07) is 0. The third kappa shape index (κ3) is 18.7. The summed E-state index contributed by atoms with van der Waals surface area (Å²) in [5.74, 6) is -8.37. The van der Waals surface area contributed by atoms with Crippen LogP contribution in [0.25, 0.3) is 0 Å². The van der Waals surface area contributed by atoms with Gasteiger partial charge in [0.2, 0.25) is 0 Å². The molecule has 0 radical (unpaired) electrons. The number of hydrogen-bond donors (Lipinski definition) is 0. The van der Waals surface area contributed by atoms with E-state index in [1.807, 2.05) is 0 Å². The van der Waals surface area contributed by atoms with E-state index in [-0.39, 0.29) is 58.4 Å². The van der Waals surface area contributed by atoms with Crippen LogP contribution in [-0.2, 0) is 97.8 Å². The predicted octanol–water partition coefficient (Wildman–Crippen LogP) is -8.43. The Morgan fingerprint density at radius 1 is 0.593 bits per heavy atom. The molecule has 0 aliphatic carbocycles. The Morgan fingerprint density at radius 3 is 0.815 bits per heavy atom. The van der Waals surface area contributed by atoms with Crippen LogP contribution < -0.4 is 20.4 Å². The predicted molar refractivity (Wildman–Crippen MR) is 56.2 cm³/mol. The molecule has 0 aromatic carbocycles. The summed E-state index contributed by atoms with van der Waals surface area (Å²) in [6.07, 6.45) is -2.79. The van der Waals surface area contributed by atoms with Crippen LogP contribution in [0.3, 0.4) is 0 Å². The van der Waals surface area contributed by atoms with Gasteiger partial charge in [-0.05, 0) is 0 Å². The topological polar surface area (TPSA) is 275 Å². The van der Waals surface area contributed by atoms with E-state index >= 15 is 0 Å². The van der Waals surface area contributed by atoms with Gasteiger partial charge in [0.25, 0.3) is 0 Å². The van der Waals surface area contributed by atoms with Crippen molar-refractivity contribution < 1.29 is 124 Å². The average molecular weight is 586 g/mol. The molecular formula is C8H6O14S2Zn3. The molecule has 27 heavy (non-hydrogen) atoms. The van der Waals surface area contributed by atoms with Crippen LogP contribution in [0.2, 0.25) is 0 Å². The summed E-state index contributed by atoms with van der Waals surface area (Å²) in [5, 5.41) is 34.1. The number of carboxylic acid groups (broad SMARTS) is 4. The first kappa shape index (κ1) is 37.3. The quantitative estimate of drug-likeness (QED) is 0.189. The molecule has 2 atom stereocenters. The van der Waals surface area contributed by atoms with E-state index in [0.717, 1.165) is 0 Å². The summed E-state index contributed by atoms with van der Waals surface area (Å²) in [6.45, 7) is 0. The molecule has 0 spiro atoms. The van der Waals surface area contributed by atoms with Crippen molar-refractivity contribution in [1.82, 2.24) is 0 Å². The molecule has 0 fully saturated rings. The molecule has 2 unspecified atom stereocenters. The molecule has 0 aromatic heterocycles. The number of carbonyl (C=O) groups excluding carboxylic acids is 4. The van der Waals surface area contributed by atoms with Gasteiger partial charge in [-0.15, -0.1) is 0 Å². The van der Waals surface area contributed by atoms with Gasteiger partial charge in [-0.25, -0.2) is 16.8 Å². The van der Waals surface area contributed by atoms with E-state index in [9.17, 15) is 65.5 Å². The van der Waals surface area contributed by atoms with Crippen molar-refractivity contribution in [2.45, 2.75) is 23.3 Å². The molecule has 0 aromatic rings. The van der Waals surface area contributed by atoms with E-state index in [1.165, 1.54) is 0 Å². The molecule has 19 heteroatoms. The molecule has 0 saturated carbocycles. The summed E-state index contributed by atoms with van der Waals surface area (Å²) in [5.41, 5.74) is 0. The van der Waals surface area contributed by atoms with E-state index in [1.54, 1.807) is 0 Å². The molecule has 14 nitrogen and oxygen atoms in total. The maximum Gasteiger partial charge on any atom is 2.00 e. The van der Waals surface area contributed by atoms with E-state index in [4.69, 9.17) is 0 Å². The van der Waals surface area contributed by atoms with Crippen LogP contribution in [-0.4, -0.2) is 60.3 Å². The second-order valence-corrected chi connectivity index (χ2v) is 6.86. The fourth-order valence-electron chi connectivity index (χ4n) is 0.909. The zero-order chi connectivity index (χ0) is 19.9. The second kappa shape index (κ2) is 15.5. The van der Waals surface area contributed by atoms with Crippen molar-refractivity contribution >= 4 is 44.1 Å². The Bertz CT molecular complexity index is 653. The molecule has 0 aliphatic rings. The van der Waals surface area contributed by atoms with Crippen molar-refractivity contribution in [2.24, 2.45) is 0 Å². The first-order valence-electron chi connectivity index (χ1n) is 5.21. The first-order chi connectivity index (χ1) is 10.5. The minimum atomic E-state index is -5.19. The molecular weight excluding hydrogens is 580 g/mol. The smallest absolute Gasteiger partial charge is 0.747 e. The molecule has 0 N–H and O–H groups in total. The molecule has 0 aliphatic heterocycles. The Kier molecular flexibility index (Phi) is 21.4. The van der Waals surface area contributed by atoms with Crippen molar-refractivity contribution in [3.63, 3.8) is 0 Å². The summed E-state index contributed by atoms with van der Waals surface area (Å²) < 4.78 is 60.2. The van der Waals surface area contributed by atoms with Crippen LogP contribution in [0, 0.1) is 0 Å². The first-order valence-corrected chi connectivity index (χ1v) is 8.15. The Labute approximate surface area is 190 Å². The minimum absolute atomic E-state index is 0. The van der Waals surface area contributed by atoms with Crippen LogP contribution in [0.5, 0.6) is 0 Å². The van der Waals surface area contributed by atoms with Gasteiger partial charge >= 0.3 is 58.4 Å². The molecule has 140 valence electrons. The van der Waals surface area contributed by atoms with E-state index in [2.05, 4.69) is 0 Å². The van der Waals surface area contributed by atoms with Gasteiger partial charge in [0.15, 0.2) is 0 Å². The molecule has 0 heterocycles. The summed E-state index contributed by atoms with van der Waals surface area (Å²) >= 11 is 0. The Hall–Kier alpha value is -0.430. The largest absolute Gasteiger partial charge is 2.00 e. The third-order valence-corrected chi connectivity index (χ3v) is 4.04. The maximum atomic E-state index is 10.0. The maximum absolute atomic E-state index is 10.0. The van der Waals surface area contributed by atoms with Gasteiger partial charge in [-0.1, -0.05) is 0 Å². The van der Waals surface area contributed by atoms with Gasteiger partial charge in [-0.3, -0.25) is 0 Å². The Balaban J connectivity index is -0.000000108. The number of hydrogen-bond acceptors (Lipinski definition) is 14. The van der Waals surface area contributed by atoms with E-state index in [0.29, 0.717) is 0 Å². The van der Waals surface area contributed by atoms with Gasteiger partial charge < -0.3 is 48.7 Å². The zero-order valence-corrected chi connectivity index (χ0v) is 23.8. The van der Waals surface area contributed by atoms with Crippen LogP contribution >= 0.6 is 0 Å². The second-order valence-electron chi connectivity index (χ2n) is 3.75. The normalized spacial score (nSPS) is 12.2. The number of aliphatic carboxylic acids is 4. The zero-order valence-electron chi connectivity index (χ0n) is 13.2.